The van der Waals surface area contributed by atoms with E-state index in [9.17, 15) is 24.3 Å². The van der Waals surface area contributed by atoms with Crippen LogP contribution in [0.1, 0.15) is 105 Å². The molecule has 0 radical (unpaired) electrons. The predicted molar refractivity (Wildman–Crippen MR) is 278 cm³/mol. The number of ketones is 2. The van der Waals surface area contributed by atoms with E-state index in [1.54, 1.807) is 32.3 Å². The van der Waals surface area contributed by atoms with Gasteiger partial charge in [-0.15, -0.1) is 6.42 Å². The fraction of sp³-hybridized carbons (Fsp3) is 0.491. The van der Waals surface area contributed by atoms with E-state index in [4.69, 9.17) is 16.1 Å². The number of rotatable bonds is 18. The Morgan fingerprint density at radius 3 is 2.42 bits per heavy atom. The summed E-state index contributed by atoms with van der Waals surface area (Å²) in [7, 11) is 1.56. The number of hydrogen-bond donors (Lipinski definition) is 1. The first-order chi connectivity index (χ1) is 35.2. The number of amides is 1. The molecular weight excluding hydrogens is 931 g/mol. The summed E-state index contributed by atoms with van der Waals surface area (Å²) in [6.45, 7) is 14.6. The van der Waals surface area contributed by atoms with E-state index in [2.05, 4.69) is 42.4 Å². The Hall–Kier alpha value is -6.57. The first-order valence-electron chi connectivity index (χ1n) is 25.9. The van der Waals surface area contributed by atoms with Crippen molar-refractivity contribution in [3.05, 3.63) is 77.0 Å². The van der Waals surface area contributed by atoms with Crippen molar-refractivity contribution in [2.24, 2.45) is 17.3 Å². The lowest BCUT2D eigenvalue weighted by molar-refractivity contribution is -0.122. The van der Waals surface area contributed by atoms with Gasteiger partial charge in [0.2, 0.25) is 0 Å². The third-order valence-corrected chi connectivity index (χ3v) is 15.8. The van der Waals surface area contributed by atoms with Crippen LogP contribution in [-0.2, 0) is 9.59 Å². The maximum absolute atomic E-state index is 17.1. The molecule has 1 saturated carbocycles. The highest BCUT2D eigenvalue weighted by atomic mass is 19.1. The third-order valence-electron chi connectivity index (χ3n) is 15.8. The molecule has 5 heterocycles. The number of phenolic OH excluding ortho intramolecular Hbond substituents is 1. The molecule has 0 bridgehead atoms. The third kappa shape index (κ3) is 11.2. The van der Waals surface area contributed by atoms with Gasteiger partial charge in [-0.05, 0) is 105 Å². The number of pyridine rings is 1. The smallest absolute Gasteiger partial charge is 0.319 e. The lowest BCUT2D eigenvalue weighted by Gasteiger charge is -2.40. The summed E-state index contributed by atoms with van der Waals surface area (Å²) in [4.78, 5) is 75.5. The van der Waals surface area contributed by atoms with Crippen LogP contribution in [0.3, 0.4) is 0 Å². The predicted octanol–water partition coefficient (Wildman–Crippen LogP) is 8.34. The van der Waals surface area contributed by atoms with Crippen LogP contribution in [0.4, 0.5) is 20.3 Å². The van der Waals surface area contributed by atoms with Gasteiger partial charge in [-0.1, -0.05) is 25.8 Å². The molecule has 16 heteroatoms. The largest absolute Gasteiger partial charge is 0.508 e. The van der Waals surface area contributed by atoms with E-state index in [-0.39, 0.29) is 80.4 Å². The molecule has 5 aromatic rings. The summed E-state index contributed by atoms with van der Waals surface area (Å²) in [5.74, 6) is 1.80. The Kier molecular flexibility index (Phi) is 15.4. The number of hydrogen-bond acceptors (Lipinski definition) is 13. The van der Waals surface area contributed by atoms with Crippen LogP contribution in [0.15, 0.2) is 48.7 Å². The zero-order valence-electron chi connectivity index (χ0n) is 42.5. The number of piperidine rings is 2. The Bertz CT molecular complexity index is 2960. The zero-order valence-corrected chi connectivity index (χ0v) is 42.5. The minimum absolute atomic E-state index is 0.0293. The van der Waals surface area contributed by atoms with Crippen molar-refractivity contribution < 1.29 is 37.8 Å². The number of Topliss-reactive ketones (excluding diaryl/α,β-unsaturated/α-hetero) is 2. The standard InChI is InChI=1S/C57H66F2N8O6/c1-6-42(70)13-15-49(37(4)69)63(5)55(72)45-28-41(12-10-40(45)33-68)66-21-16-38(17-22-66)32-64-23-25-65(26-24-64)34-57(18-19-57)35-73-56-61-53-47(54(62-56)67-20-8-9-36(3)31-67)30-60-52(51(53)59)46-29-43(71)27-39-11-14-48(58)44(7-2)50(39)46/h2,10-12,14,27-30,33,36,38,49,71H,6,8-9,13,15-26,31-32,34-35H2,1,3-5H3. The first kappa shape index (κ1) is 51.3. The molecule has 9 rings (SSSR count). The summed E-state index contributed by atoms with van der Waals surface area (Å²) in [5.41, 5.74) is 1.35. The van der Waals surface area contributed by atoms with Crippen LogP contribution in [0.5, 0.6) is 11.8 Å². The molecule has 4 fully saturated rings. The van der Waals surface area contributed by atoms with Crippen molar-refractivity contribution in [2.45, 2.75) is 84.6 Å². The fourth-order valence-corrected chi connectivity index (χ4v) is 11.2. The van der Waals surface area contributed by atoms with E-state index >= 15 is 8.78 Å². The summed E-state index contributed by atoms with van der Waals surface area (Å²) in [6.07, 6.45) is 14.8. The highest BCUT2D eigenvalue weighted by Gasteiger charge is 2.45. The zero-order chi connectivity index (χ0) is 51.6. The number of carbonyl (C=O) groups excluding carboxylic acids is 4. The van der Waals surface area contributed by atoms with Crippen molar-refractivity contribution >= 4 is 56.9 Å². The molecule has 1 amide bonds. The van der Waals surface area contributed by atoms with E-state index in [0.717, 1.165) is 110 Å². The second-order valence-corrected chi connectivity index (χ2v) is 21.0. The first-order valence-corrected chi connectivity index (χ1v) is 25.9. The second kappa shape index (κ2) is 21.9. The second-order valence-electron chi connectivity index (χ2n) is 21.0. The number of anilines is 2. The molecule has 2 unspecified atom stereocenters. The molecule has 2 aromatic heterocycles. The number of piperazine rings is 1. The molecule has 4 aliphatic rings. The highest BCUT2D eigenvalue weighted by molar-refractivity contribution is 6.05. The van der Waals surface area contributed by atoms with Crippen molar-refractivity contribution in [1.82, 2.24) is 29.7 Å². The van der Waals surface area contributed by atoms with Gasteiger partial charge in [0.05, 0.1) is 29.2 Å². The van der Waals surface area contributed by atoms with Crippen LogP contribution in [0, 0.1) is 41.2 Å². The number of likely N-dealkylation sites (N-methyl/N-ethyl adjacent to an activating group) is 1. The molecule has 1 N–H and O–H groups in total. The normalized spacial score (nSPS) is 18.9. The molecule has 73 heavy (non-hydrogen) atoms. The van der Waals surface area contributed by atoms with Crippen molar-refractivity contribution in [2.75, 3.05) is 88.9 Å². The Balaban J connectivity index is 0.819. The number of aromatic hydroxyl groups is 1. The Labute approximate surface area is 426 Å². The van der Waals surface area contributed by atoms with Gasteiger partial charge in [0.25, 0.3) is 5.91 Å². The molecular formula is C57H66F2N8O6. The van der Waals surface area contributed by atoms with Gasteiger partial charge in [-0.25, -0.2) is 8.78 Å². The van der Waals surface area contributed by atoms with Crippen LogP contribution in [0.25, 0.3) is 32.9 Å². The van der Waals surface area contributed by atoms with Crippen molar-refractivity contribution in [3.63, 3.8) is 0 Å². The molecule has 1 aliphatic carbocycles. The average molecular weight is 997 g/mol. The molecule has 14 nitrogen and oxygen atoms in total. The van der Waals surface area contributed by atoms with Gasteiger partial charge < -0.3 is 34.3 Å². The lowest BCUT2D eigenvalue weighted by Crippen LogP contribution is -2.50. The summed E-state index contributed by atoms with van der Waals surface area (Å²) < 4.78 is 38.6. The molecule has 0 spiro atoms. The van der Waals surface area contributed by atoms with Gasteiger partial charge in [0.15, 0.2) is 17.9 Å². The topological polar surface area (TPSA) is 153 Å². The molecule has 3 aliphatic heterocycles. The van der Waals surface area contributed by atoms with E-state index in [1.807, 2.05) is 6.07 Å². The SMILES string of the molecule is C#Cc1c(F)ccc2cc(O)cc(-c3ncc4c(N5CCCC(C)C5)nc(OCC5(CN6CCN(CC7CCN(c8ccc(C=O)c(C(=O)N(C)C(CCC(=O)CC)C(C)=O)c8)CC7)CC6)CC5)nc4c3F)c12. The van der Waals surface area contributed by atoms with Crippen LogP contribution in [-0.4, -0.2) is 144 Å². The molecule has 384 valence electrons. The van der Waals surface area contributed by atoms with E-state index in [0.29, 0.717) is 47.7 Å². The van der Waals surface area contributed by atoms with Crippen LogP contribution < -0.4 is 14.5 Å². The van der Waals surface area contributed by atoms with Gasteiger partial charge in [-0.3, -0.25) is 24.2 Å². The lowest BCUT2D eigenvalue weighted by atomic mass is 9.94. The fourth-order valence-electron chi connectivity index (χ4n) is 11.2. The highest BCUT2D eigenvalue weighted by Crippen LogP contribution is 2.47. The minimum Gasteiger partial charge on any atom is -0.508 e. The van der Waals surface area contributed by atoms with E-state index in [1.165, 1.54) is 36.1 Å². The molecule has 2 atom stereocenters. The van der Waals surface area contributed by atoms with Gasteiger partial charge in [0.1, 0.15) is 34.4 Å². The Morgan fingerprint density at radius 1 is 0.986 bits per heavy atom. The Morgan fingerprint density at radius 2 is 1.74 bits per heavy atom. The maximum Gasteiger partial charge on any atom is 0.319 e. The molecule has 3 saturated heterocycles. The van der Waals surface area contributed by atoms with Crippen LogP contribution in [0.2, 0.25) is 0 Å². The number of ether oxygens (including phenoxy) is 1. The van der Waals surface area contributed by atoms with E-state index < -0.39 is 23.6 Å². The maximum atomic E-state index is 17.1. The van der Waals surface area contributed by atoms with Crippen LogP contribution >= 0.6 is 0 Å². The van der Waals surface area contributed by atoms with Gasteiger partial charge in [0, 0.05) is 119 Å². The summed E-state index contributed by atoms with van der Waals surface area (Å²) in [5, 5.41) is 11.9. The monoisotopic (exact) mass is 997 g/mol. The number of fused-ring (bicyclic) bond motifs is 2. The van der Waals surface area contributed by atoms with Crippen molar-refractivity contribution in [3.8, 4) is 35.4 Å². The number of aromatic nitrogens is 3. The van der Waals surface area contributed by atoms with Gasteiger partial charge in [-0.2, -0.15) is 9.97 Å². The average Bonchev–Trinajstić information content (AvgIpc) is 4.17. The number of halogens is 2. The number of benzene rings is 3. The number of aldehydes is 1. The molecule has 3 aromatic carbocycles. The van der Waals surface area contributed by atoms with Gasteiger partial charge >= 0.3 is 6.01 Å². The number of nitrogens with zero attached hydrogens (tertiary/aromatic N) is 8. The number of phenols is 1. The number of terminal acetylenes is 1. The minimum atomic E-state index is -0.754. The van der Waals surface area contributed by atoms with Crippen molar-refractivity contribution in [1.29, 1.82) is 0 Å². The summed E-state index contributed by atoms with van der Waals surface area (Å²) in [6, 6.07) is 10.2. The summed E-state index contributed by atoms with van der Waals surface area (Å²) >= 11 is 0. The quantitative estimate of drug-likeness (QED) is 0.0662. The number of carbonyl (C=O) groups is 4.